The van der Waals surface area contributed by atoms with Gasteiger partial charge >= 0.3 is 0 Å². The van der Waals surface area contributed by atoms with E-state index in [1.54, 1.807) is 17.4 Å². The zero-order valence-corrected chi connectivity index (χ0v) is 14.2. The van der Waals surface area contributed by atoms with Crippen LogP contribution in [0.4, 0.5) is 0 Å². The van der Waals surface area contributed by atoms with Crippen LogP contribution < -0.4 is 5.32 Å². The van der Waals surface area contributed by atoms with Gasteiger partial charge in [-0.25, -0.2) is 0 Å². The van der Waals surface area contributed by atoms with Gasteiger partial charge in [-0.3, -0.25) is 9.59 Å². The Balaban J connectivity index is 1.47. The molecule has 124 valence electrons. The second kappa shape index (κ2) is 7.93. The van der Waals surface area contributed by atoms with Gasteiger partial charge in [0.2, 0.25) is 5.91 Å². The molecule has 2 amide bonds. The maximum Gasteiger partial charge on any atom is 0.251 e. The highest BCUT2D eigenvalue weighted by Crippen LogP contribution is 2.14. The molecule has 0 aliphatic carbocycles. The lowest BCUT2D eigenvalue weighted by Gasteiger charge is -2.31. The first kappa shape index (κ1) is 16.5. The number of hydrogen-bond donors (Lipinski definition) is 1. The molecule has 1 fully saturated rings. The quantitative estimate of drug-likeness (QED) is 0.869. The van der Waals surface area contributed by atoms with E-state index in [-0.39, 0.29) is 17.9 Å². The third-order valence-corrected chi connectivity index (χ3v) is 4.95. The van der Waals surface area contributed by atoms with E-state index in [4.69, 9.17) is 0 Å². The van der Waals surface area contributed by atoms with Crippen LogP contribution in [0.2, 0.25) is 0 Å². The maximum absolute atomic E-state index is 12.2. The summed E-state index contributed by atoms with van der Waals surface area (Å²) < 4.78 is 0. The van der Waals surface area contributed by atoms with Gasteiger partial charge in [0.1, 0.15) is 0 Å². The fourth-order valence-electron chi connectivity index (χ4n) is 2.75. The standard InChI is InChI=1S/C19H20N2O2S/c22-18(9-8-17-7-4-14-24-17)21-12-10-16(11-13-21)20-19(23)15-5-2-1-3-6-15/h1-9,14,16H,10-13H2,(H,20,23). The molecule has 1 aromatic heterocycles. The van der Waals surface area contributed by atoms with E-state index in [1.807, 2.05) is 58.8 Å². The molecule has 24 heavy (non-hydrogen) atoms. The molecule has 0 radical (unpaired) electrons. The Morgan fingerprint density at radius 2 is 1.83 bits per heavy atom. The van der Waals surface area contributed by atoms with Gasteiger partial charge in [-0.2, -0.15) is 0 Å². The number of benzene rings is 1. The number of nitrogens with zero attached hydrogens (tertiary/aromatic N) is 1. The Labute approximate surface area is 145 Å². The lowest BCUT2D eigenvalue weighted by molar-refractivity contribution is -0.126. The fourth-order valence-corrected chi connectivity index (χ4v) is 3.37. The summed E-state index contributed by atoms with van der Waals surface area (Å²) in [6, 6.07) is 13.3. The second-order valence-electron chi connectivity index (χ2n) is 5.79. The van der Waals surface area contributed by atoms with Crippen LogP contribution in [0.15, 0.2) is 53.9 Å². The molecule has 0 atom stereocenters. The minimum atomic E-state index is -0.0435. The van der Waals surface area contributed by atoms with E-state index in [0.29, 0.717) is 18.7 Å². The zero-order valence-electron chi connectivity index (χ0n) is 13.4. The number of amides is 2. The number of piperidine rings is 1. The number of thiophene rings is 1. The molecule has 1 aliphatic rings. The van der Waals surface area contributed by atoms with Crippen LogP contribution >= 0.6 is 11.3 Å². The third kappa shape index (κ3) is 4.32. The van der Waals surface area contributed by atoms with Gasteiger partial charge in [0.25, 0.3) is 5.91 Å². The Morgan fingerprint density at radius 1 is 1.08 bits per heavy atom. The first-order valence-corrected chi connectivity index (χ1v) is 8.97. The molecule has 0 spiro atoms. The molecule has 4 nitrogen and oxygen atoms in total. The number of carbonyl (C=O) groups excluding carboxylic acids is 2. The van der Waals surface area contributed by atoms with Crippen molar-refractivity contribution in [2.24, 2.45) is 0 Å². The van der Waals surface area contributed by atoms with Gasteiger partial charge in [0.15, 0.2) is 0 Å². The first-order chi connectivity index (χ1) is 11.7. The average Bonchev–Trinajstić information content (AvgIpc) is 3.14. The van der Waals surface area contributed by atoms with E-state index >= 15 is 0 Å². The summed E-state index contributed by atoms with van der Waals surface area (Å²) in [4.78, 5) is 27.3. The molecular formula is C19H20N2O2S. The predicted molar refractivity (Wildman–Crippen MR) is 96.9 cm³/mol. The Kier molecular flexibility index (Phi) is 5.43. The van der Waals surface area contributed by atoms with Crippen molar-refractivity contribution in [1.29, 1.82) is 0 Å². The van der Waals surface area contributed by atoms with Crippen LogP contribution in [-0.2, 0) is 4.79 Å². The highest BCUT2D eigenvalue weighted by atomic mass is 32.1. The topological polar surface area (TPSA) is 49.4 Å². The maximum atomic E-state index is 12.2. The van der Waals surface area contributed by atoms with E-state index in [2.05, 4.69) is 5.32 Å². The van der Waals surface area contributed by atoms with Gasteiger partial charge < -0.3 is 10.2 Å². The molecule has 1 saturated heterocycles. The molecule has 1 aliphatic heterocycles. The van der Waals surface area contributed by atoms with Crippen LogP contribution in [0, 0.1) is 0 Å². The highest BCUT2D eigenvalue weighted by Gasteiger charge is 2.23. The summed E-state index contributed by atoms with van der Waals surface area (Å²) >= 11 is 1.61. The summed E-state index contributed by atoms with van der Waals surface area (Å²) in [5.74, 6) is -0.00537. The Hall–Kier alpha value is -2.40. The molecule has 5 heteroatoms. The van der Waals surface area contributed by atoms with Crippen molar-refractivity contribution in [2.45, 2.75) is 18.9 Å². The summed E-state index contributed by atoms with van der Waals surface area (Å²) in [5.41, 5.74) is 0.676. The van der Waals surface area contributed by atoms with Crippen LogP contribution in [0.5, 0.6) is 0 Å². The number of likely N-dealkylation sites (tertiary alicyclic amines) is 1. The van der Waals surface area contributed by atoms with E-state index < -0.39 is 0 Å². The van der Waals surface area contributed by atoms with Crippen molar-refractivity contribution < 1.29 is 9.59 Å². The van der Waals surface area contributed by atoms with E-state index in [1.165, 1.54) is 0 Å². The minimum absolute atomic E-state index is 0.0382. The van der Waals surface area contributed by atoms with E-state index in [9.17, 15) is 9.59 Å². The summed E-state index contributed by atoms with van der Waals surface area (Å²) in [6.07, 6.45) is 5.07. The van der Waals surface area contributed by atoms with E-state index in [0.717, 1.165) is 17.7 Å². The second-order valence-corrected chi connectivity index (χ2v) is 6.77. The van der Waals surface area contributed by atoms with Crippen LogP contribution in [-0.4, -0.2) is 35.8 Å². The van der Waals surface area contributed by atoms with Crippen LogP contribution in [0.1, 0.15) is 28.1 Å². The van der Waals surface area contributed by atoms with Crippen LogP contribution in [0.3, 0.4) is 0 Å². The molecule has 0 unspecified atom stereocenters. The zero-order chi connectivity index (χ0) is 16.8. The SMILES string of the molecule is O=C(NC1CCN(C(=O)C=Cc2cccs2)CC1)c1ccccc1. The molecule has 2 heterocycles. The van der Waals surface area contributed by atoms with Crippen molar-refractivity contribution in [1.82, 2.24) is 10.2 Å². The minimum Gasteiger partial charge on any atom is -0.349 e. The number of hydrogen-bond acceptors (Lipinski definition) is 3. The lowest BCUT2D eigenvalue weighted by atomic mass is 10.0. The van der Waals surface area contributed by atoms with Crippen LogP contribution in [0.25, 0.3) is 6.08 Å². The molecule has 0 bridgehead atoms. The Bertz CT molecular complexity index is 702. The van der Waals surface area contributed by atoms with Gasteiger partial charge in [0, 0.05) is 35.6 Å². The molecule has 0 saturated carbocycles. The number of nitrogens with one attached hydrogen (secondary N) is 1. The summed E-state index contributed by atoms with van der Waals surface area (Å²) in [7, 11) is 0. The predicted octanol–water partition coefficient (Wildman–Crippen LogP) is 3.18. The third-order valence-electron chi connectivity index (χ3n) is 4.11. The summed E-state index contributed by atoms with van der Waals surface area (Å²) in [5, 5.41) is 5.05. The molecular weight excluding hydrogens is 320 g/mol. The smallest absolute Gasteiger partial charge is 0.251 e. The summed E-state index contributed by atoms with van der Waals surface area (Å²) in [6.45, 7) is 1.35. The molecule has 1 N–H and O–H groups in total. The number of rotatable bonds is 4. The largest absolute Gasteiger partial charge is 0.349 e. The average molecular weight is 340 g/mol. The normalized spacial score (nSPS) is 15.6. The Morgan fingerprint density at radius 3 is 2.50 bits per heavy atom. The van der Waals surface area contributed by atoms with Crippen molar-refractivity contribution in [3.63, 3.8) is 0 Å². The highest BCUT2D eigenvalue weighted by molar-refractivity contribution is 7.10. The van der Waals surface area contributed by atoms with Gasteiger partial charge in [0.05, 0.1) is 0 Å². The lowest BCUT2D eigenvalue weighted by Crippen LogP contribution is -2.46. The fraction of sp³-hybridized carbons (Fsp3) is 0.263. The van der Waals surface area contributed by atoms with Crippen molar-refractivity contribution in [3.05, 3.63) is 64.4 Å². The molecule has 1 aromatic carbocycles. The van der Waals surface area contributed by atoms with Crippen molar-refractivity contribution >= 4 is 29.2 Å². The van der Waals surface area contributed by atoms with Crippen molar-refractivity contribution in [2.75, 3.05) is 13.1 Å². The van der Waals surface area contributed by atoms with Gasteiger partial charge in [-0.1, -0.05) is 24.3 Å². The monoisotopic (exact) mass is 340 g/mol. The molecule has 3 rings (SSSR count). The number of carbonyl (C=O) groups is 2. The van der Waals surface area contributed by atoms with Gasteiger partial charge in [-0.05, 0) is 42.5 Å². The first-order valence-electron chi connectivity index (χ1n) is 8.09. The van der Waals surface area contributed by atoms with Crippen molar-refractivity contribution in [3.8, 4) is 0 Å². The molecule has 2 aromatic rings. The van der Waals surface area contributed by atoms with Gasteiger partial charge in [-0.15, -0.1) is 11.3 Å².